The minimum Gasteiger partial charge on any atom is -0.478 e. The lowest BCUT2D eigenvalue weighted by Crippen LogP contribution is -2.27. The summed E-state index contributed by atoms with van der Waals surface area (Å²) in [6.07, 6.45) is 4.55. The number of carboxylic acids is 1. The first-order valence-corrected chi connectivity index (χ1v) is 10.0. The van der Waals surface area contributed by atoms with Crippen LogP contribution >= 0.6 is 0 Å². The van der Waals surface area contributed by atoms with Gasteiger partial charge in [0.2, 0.25) is 0 Å². The molecule has 4 rings (SSSR count). The predicted molar refractivity (Wildman–Crippen MR) is 114 cm³/mol. The minimum atomic E-state index is -0.884. The fourth-order valence-electron chi connectivity index (χ4n) is 4.10. The second-order valence-electron chi connectivity index (χ2n) is 7.78. The molecule has 4 nitrogen and oxygen atoms in total. The number of fused-ring (bicyclic) bond motifs is 1. The standard InChI is InChI=1S/C24H26N2O2/c1-16-7-10-18(11-8-16)22-23(26-13-5-3-4-6-14-26)21(24(27)28)19-15-17(2)9-12-20(19)25-22/h7-12,15H,3-6,13-14H2,1-2H3,(H,27,28). The highest BCUT2D eigenvalue weighted by atomic mass is 16.4. The number of hydrogen-bond donors (Lipinski definition) is 1. The molecule has 144 valence electrons. The van der Waals surface area contributed by atoms with Crippen molar-refractivity contribution in [2.24, 2.45) is 0 Å². The van der Waals surface area contributed by atoms with Gasteiger partial charge in [0.05, 0.1) is 22.5 Å². The van der Waals surface area contributed by atoms with Crippen LogP contribution in [-0.2, 0) is 0 Å². The number of anilines is 1. The fraction of sp³-hybridized carbons (Fsp3) is 0.333. The van der Waals surface area contributed by atoms with Gasteiger partial charge >= 0.3 is 5.97 Å². The van der Waals surface area contributed by atoms with Gasteiger partial charge in [0.25, 0.3) is 0 Å². The van der Waals surface area contributed by atoms with Crippen LogP contribution in [0.2, 0.25) is 0 Å². The third-order valence-corrected chi connectivity index (χ3v) is 5.58. The van der Waals surface area contributed by atoms with E-state index in [2.05, 4.69) is 24.0 Å². The summed E-state index contributed by atoms with van der Waals surface area (Å²) in [6.45, 7) is 5.79. The Morgan fingerprint density at radius 3 is 2.21 bits per heavy atom. The van der Waals surface area contributed by atoms with Crippen LogP contribution in [0.5, 0.6) is 0 Å². The van der Waals surface area contributed by atoms with Gasteiger partial charge in [-0.2, -0.15) is 0 Å². The highest BCUT2D eigenvalue weighted by Crippen LogP contribution is 2.38. The highest BCUT2D eigenvalue weighted by Gasteiger charge is 2.26. The first kappa shape index (κ1) is 18.5. The van der Waals surface area contributed by atoms with E-state index in [-0.39, 0.29) is 0 Å². The average molecular weight is 374 g/mol. The van der Waals surface area contributed by atoms with E-state index in [1.807, 2.05) is 37.3 Å². The zero-order valence-corrected chi connectivity index (χ0v) is 16.5. The van der Waals surface area contributed by atoms with Gasteiger partial charge in [-0.15, -0.1) is 0 Å². The number of pyridine rings is 1. The summed E-state index contributed by atoms with van der Waals surface area (Å²) in [5.41, 5.74) is 5.85. The molecule has 0 amide bonds. The van der Waals surface area contributed by atoms with E-state index in [1.54, 1.807) is 0 Å². The number of benzene rings is 2. The number of aromatic carboxylic acids is 1. The largest absolute Gasteiger partial charge is 0.478 e. The molecule has 0 unspecified atom stereocenters. The Balaban J connectivity index is 2.05. The van der Waals surface area contributed by atoms with Crippen LogP contribution in [-0.4, -0.2) is 29.1 Å². The Kier molecular flexibility index (Phi) is 5.03. The van der Waals surface area contributed by atoms with E-state index >= 15 is 0 Å². The van der Waals surface area contributed by atoms with Gasteiger partial charge in [-0.3, -0.25) is 0 Å². The monoisotopic (exact) mass is 374 g/mol. The topological polar surface area (TPSA) is 53.4 Å². The van der Waals surface area contributed by atoms with Crippen molar-refractivity contribution in [2.45, 2.75) is 39.5 Å². The molecule has 2 aromatic carbocycles. The summed E-state index contributed by atoms with van der Waals surface area (Å²) >= 11 is 0. The lowest BCUT2D eigenvalue weighted by atomic mass is 9.98. The molecule has 1 aliphatic heterocycles. The Labute approximate surface area is 165 Å². The van der Waals surface area contributed by atoms with E-state index in [0.717, 1.165) is 59.3 Å². The van der Waals surface area contributed by atoms with Crippen molar-refractivity contribution < 1.29 is 9.90 Å². The smallest absolute Gasteiger partial charge is 0.338 e. The first-order valence-electron chi connectivity index (χ1n) is 10.0. The molecule has 2 heterocycles. The number of aromatic nitrogens is 1. The average Bonchev–Trinajstić information content (AvgIpc) is 2.96. The molecule has 1 fully saturated rings. The summed E-state index contributed by atoms with van der Waals surface area (Å²) in [5, 5.41) is 10.9. The van der Waals surface area contributed by atoms with Crippen LogP contribution in [0, 0.1) is 13.8 Å². The van der Waals surface area contributed by atoms with Gasteiger partial charge in [-0.05, 0) is 38.8 Å². The van der Waals surface area contributed by atoms with Crippen molar-refractivity contribution in [2.75, 3.05) is 18.0 Å². The number of aryl methyl sites for hydroxylation is 2. The molecule has 4 heteroatoms. The lowest BCUT2D eigenvalue weighted by Gasteiger charge is -2.27. The minimum absolute atomic E-state index is 0.381. The summed E-state index contributed by atoms with van der Waals surface area (Å²) in [6, 6.07) is 14.1. The summed E-state index contributed by atoms with van der Waals surface area (Å²) in [5.74, 6) is -0.884. The van der Waals surface area contributed by atoms with Gasteiger partial charge in [-0.25, -0.2) is 9.78 Å². The van der Waals surface area contributed by atoms with Crippen molar-refractivity contribution >= 4 is 22.6 Å². The van der Waals surface area contributed by atoms with Crippen LogP contribution in [0.25, 0.3) is 22.2 Å². The molecule has 1 aliphatic rings. The van der Waals surface area contributed by atoms with E-state index in [9.17, 15) is 9.90 Å². The molecule has 0 radical (unpaired) electrons. The molecular formula is C24H26N2O2. The zero-order valence-electron chi connectivity index (χ0n) is 16.5. The van der Waals surface area contributed by atoms with Crippen molar-refractivity contribution in [1.82, 2.24) is 4.98 Å². The Bertz CT molecular complexity index is 1020. The molecular weight excluding hydrogens is 348 g/mol. The molecule has 1 aromatic heterocycles. The molecule has 0 saturated carbocycles. The van der Waals surface area contributed by atoms with E-state index in [4.69, 9.17) is 4.98 Å². The van der Waals surface area contributed by atoms with Crippen LogP contribution in [0.3, 0.4) is 0 Å². The Morgan fingerprint density at radius 1 is 0.929 bits per heavy atom. The molecule has 1 N–H and O–H groups in total. The maximum absolute atomic E-state index is 12.5. The second-order valence-corrected chi connectivity index (χ2v) is 7.78. The first-order chi connectivity index (χ1) is 13.5. The van der Waals surface area contributed by atoms with Crippen LogP contribution < -0.4 is 4.90 Å². The molecule has 0 bridgehead atoms. The normalized spacial score (nSPS) is 14.9. The van der Waals surface area contributed by atoms with E-state index in [0.29, 0.717) is 5.56 Å². The summed E-state index contributed by atoms with van der Waals surface area (Å²) in [4.78, 5) is 19.7. The van der Waals surface area contributed by atoms with Crippen LogP contribution in [0.4, 0.5) is 5.69 Å². The number of hydrogen-bond acceptors (Lipinski definition) is 3. The summed E-state index contributed by atoms with van der Waals surface area (Å²) < 4.78 is 0. The third-order valence-electron chi connectivity index (χ3n) is 5.58. The fourth-order valence-corrected chi connectivity index (χ4v) is 4.10. The molecule has 28 heavy (non-hydrogen) atoms. The molecule has 3 aromatic rings. The molecule has 0 aliphatic carbocycles. The van der Waals surface area contributed by atoms with Gasteiger partial charge in [0.1, 0.15) is 0 Å². The third kappa shape index (κ3) is 3.47. The second kappa shape index (κ2) is 7.63. The van der Waals surface area contributed by atoms with E-state index in [1.165, 1.54) is 18.4 Å². The van der Waals surface area contributed by atoms with Crippen molar-refractivity contribution in [3.05, 3.63) is 59.2 Å². The van der Waals surface area contributed by atoms with Crippen LogP contribution in [0.15, 0.2) is 42.5 Å². The van der Waals surface area contributed by atoms with Crippen molar-refractivity contribution in [3.8, 4) is 11.3 Å². The van der Waals surface area contributed by atoms with Crippen molar-refractivity contribution in [1.29, 1.82) is 0 Å². The van der Waals surface area contributed by atoms with Gasteiger partial charge in [-0.1, -0.05) is 54.3 Å². The lowest BCUT2D eigenvalue weighted by molar-refractivity contribution is 0.0699. The van der Waals surface area contributed by atoms with Crippen LogP contribution in [0.1, 0.15) is 47.2 Å². The van der Waals surface area contributed by atoms with E-state index < -0.39 is 5.97 Å². The number of rotatable bonds is 3. The quantitative estimate of drug-likeness (QED) is 0.648. The Morgan fingerprint density at radius 2 is 1.57 bits per heavy atom. The number of nitrogens with zero attached hydrogens (tertiary/aromatic N) is 2. The highest BCUT2D eigenvalue weighted by molar-refractivity contribution is 6.10. The van der Waals surface area contributed by atoms with Crippen molar-refractivity contribution in [3.63, 3.8) is 0 Å². The maximum Gasteiger partial charge on any atom is 0.338 e. The van der Waals surface area contributed by atoms with Gasteiger partial charge < -0.3 is 10.0 Å². The SMILES string of the molecule is Cc1ccc(-c2nc3ccc(C)cc3c(C(=O)O)c2N2CCCCCC2)cc1. The van der Waals surface area contributed by atoms with Gasteiger partial charge in [0.15, 0.2) is 0 Å². The molecule has 0 spiro atoms. The number of carboxylic acid groups (broad SMARTS) is 1. The Hall–Kier alpha value is -2.88. The van der Waals surface area contributed by atoms with Gasteiger partial charge in [0, 0.05) is 24.0 Å². The molecule has 1 saturated heterocycles. The number of carbonyl (C=O) groups is 1. The predicted octanol–water partition coefficient (Wildman–Crippen LogP) is 5.60. The maximum atomic E-state index is 12.5. The zero-order chi connectivity index (χ0) is 19.7. The molecule has 0 atom stereocenters. The summed E-state index contributed by atoms with van der Waals surface area (Å²) in [7, 11) is 0.